The Hall–Kier alpha value is -1.55. The van der Waals surface area contributed by atoms with Crippen LogP contribution in [0.5, 0.6) is 0 Å². The average Bonchev–Trinajstić information content (AvgIpc) is 2.82. The summed E-state index contributed by atoms with van der Waals surface area (Å²) in [6, 6.07) is 18.4. The smallest absolute Gasteiger partial charge is 0.400 e. The lowest BCUT2D eigenvalue weighted by Crippen LogP contribution is -2.41. The predicted molar refractivity (Wildman–Crippen MR) is 110 cm³/mol. The van der Waals surface area contributed by atoms with E-state index in [1.165, 1.54) is 0 Å². The second-order valence-electron chi connectivity index (χ2n) is 7.71. The lowest BCUT2D eigenvalue weighted by molar-refractivity contribution is 0.00578. The second-order valence-corrected chi connectivity index (χ2v) is 8.15. The predicted octanol–water partition coefficient (Wildman–Crippen LogP) is 6.18. The third kappa shape index (κ3) is 3.62. The molecule has 0 amide bonds. The van der Waals surface area contributed by atoms with E-state index < -0.39 is 0 Å². The number of halogens is 1. The van der Waals surface area contributed by atoms with Gasteiger partial charge < -0.3 is 9.31 Å². The molecule has 0 aromatic heterocycles. The van der Waals surface area contributed by atoms with E-state index in [4.69, 9.17) is 20.9 Å². The fourth-order valence-electron chi connectivity index (χ4n) is 3.21. The van der Waals surface area contributed by atoms with E-state index in [2.05, 4.69) is 71.0 Å². The van der Waals surface area contributed by atoms with Crippen LogP contribution in [0.15, 0.2) is 60.1 Å². The maximum absolute atomic E-state index is 6.36. The van der Waals surface area contributed by atoms with Crippen LogP contribution in [0.3, 0.4) is 0 Å². The van der Waals surface area contributed by atoms with Gasteiger partial charge >= 0.3 is 7.12 Å². The van der Waals surface area contributed by atoms with Gasteiger partial charge in [0.25, 0.3) is 0 Å². The van der Waals surface area contributed by atoms with Gasteiger partial charge in [0.15, 0.2) is 0 Å². The van der Waals surface area contributed by atoms with Crippen LogP contribution in [0.25, 0.3) is 5.57 Å². The summed E-state index contributed by atoms with van der Waals surface area (Å²) < 4.78 is 12.7. The van der Waals surface area contributed by atoms with E-state index in [1.807, 2.05) is 18.2 Å². The van der Waals surface area contributed by atoms with Crippen molar-refractivity contribution >= 4 is 24.3 Å². The Morgan fingerprint density at radius 3 is 1.85 bits per heavy atom. The lowest BCUT2D eigenvalue weighted by atomic mass is 9.71. The first-order valence-electron chi connectivity index (χ1n) is 9.15. The van der Waals surface area contributed by atoms with Crippen molar-refractivity contribution in [3.63, 3.8) is 0 Å². The highest BCUT2D eigenvalue weighted by Gasteiger charge is 2.52. The van der Waals surface area contributed by atoms with Crippen LogP contribution < -0.4 is 0 Å². The summed E-state index contributed by atoms with van der Waals surface area (Å²) in [6.45, 7) is 10.5. The van der Waals surface area contributed by atoms with Gasteiger partial charge in [0, 0.05) is 5.02 Å². The minimum Gasteiger partial charge on any atom is -0.400 e. The molecule has 136 valence electrons. The number of benzene rings is 2. The minimum atomic E-state index is -0.365. The number of rotatable bonds is 4. The summed E-state index contributed by atoms with van der Waals surface area (Å²) in [6.07, 6.45) is 0.837. The molecule has 2 aromatic carbocycles. The molecule has 1 aliphatic heterocycles. The number of hydrogen-bond acceptors (Lipinski definition) is 2. The Morgan fingerprint density at radius 2 is 1.35 bits per heavy atom. The van der Waals surface area contributed by atoms with Gasteiger partial charge in [-0.15, -0.1) is 0 Å². The van der Waals surface area contributed by atoms with Crippen LogP contribution in [-0.4, -0.2) is 18.3 Å². The van der Waals surface area contributed by atoms with E-state index in [0.717, 1.165) is 33.6 Å². The Labute approximate surface area is 162 Å². The van der Waals surface area contributed by atoms with E-state index in [9.17, 15) is 0 Å². The quantitative estimate of drug-likeness (QED) is 0.600. The summed E-state index contributed by atoms with van der Waals surface area (Å²) in [7, 11) is -0.365. The van der Waals surface area contributed by atoms with Crippen LogP contribution in [0.4, 0.5) is 0 Å². The minimum absolute atomic E-state index is 0.361. The molecule has 0 bridgehead atoms. The molecular weight excluding hydrogens is 343 g/mol. The van der Waals surface area contributed by atoms with Gasteiger partial charge in [0.2, 0.25) is 0 Å². The molecule has 26 heavy (non-hydrogen) atoms. The zero-order chi connectivity index (χ0) is 18.9. The van der Waals surface area contributed by atoms with Gasteiger partial charge in [-0.2, -0.15) is 0 Å². The normalized spacial score (nSPS) is 19.4. The summed E-state index contributed by atoms with van der Waals surface area (Å²) in [4.78, 5) is 0. The van der Waals surface area contributed by atoms with Crippen molar-refractivity contribution in [3.05, 3.63) is 76.2 Å². The molecule has 0 radical (unpaired) electrons. The maximum atomic E-state index is 6.36. The first-order valence-corrected chi connectivity index (χ1v) is 9.53. The van der Waals surface area contributed by atoms with Crippen LogP contribution in [0.2, 0.25) is 5.02 Å². The lowest BCUT2D eigenvalue weighted by Gasteiger charge is -2.32. The van der Waals surface area contributed by atoms with Crippen molar-refractivity contribution in [2.75, 3.05) is 0 Å². The highest BCUT2D eigenvalue weighted by molar-refractivity contribution is 6.56. The molecule has 1 aliphatic rings. The van der Waals surface area contributed by atoms with E-state index in [0.29, 0.717) is 0 Å². The molecule has 1 heterocycles. The molecule has 2 nitrogen and oxygen atoms in total. The van der Waals surface area contributed by atoms with Crippen molar-refractivity contribution in [3.8, 4) is 0 Å². The Kier molecular flexibility index (Phi) is 5.34. The maximum Gasteiger partial charge on any atom is 0.491 e. The van der Waals surface area contributed by atoms with Gasteiger partial charge in [0.05, 0.1) is 11.2 Å². The third-order valence-electron chi connectivity index (χ3n) is 5.44. The summed E-state index contributed by atoms with van der Waals surface area (Å²) >= 11 is 6.11. The molecule has 0 aliphatic carbocycles. The van der Waals surface area contributed by atoms with Crippen molar-refractivity contribution in [1.82, 2.24) is 0 Å². The molecular formula is C22H26BClO2. The van der Waals surface area contributed by atoms with E-state index in [-0.39, 0.29) is 18.3 Å². The molecule has 0 N–H and O–H groups in total. The van der Waals surface area contributed by atoms with Gasteiger partial charge in [-0.1, -0.05) is 61.0 Å². The topological polar surface area (TPSA) is 18.5 Å². The Bertz CT molecular complexity index is 779. The average molecular weight is 369 g/mol. The highest BCUT2D eigenvalue weighted by Crippen LogP contribution is 2.41. The van der Waals surface area contributed by atoms with Gasteiger partial charge in [-0.25, -0.2) is 0 Å². The SMILES string of the molecule is CC/C(B1OC(C)(C)C(C)(C)O1)=C(/c1ccccc1)c1ccc(Cl)cc1. The monoisotopic (exact) mass is 368 g/mol. The van der Waals surface area contributed by atoms with E-state index in [1.54, 1.807) is 0 Å². The first kappa shape index (κ1) is 19.2. The molecule has 0 unspecified atom stereocenters. The molecule has 1 fully saturated rings. The fourth-order valence-corrected chi connectivity index (χ4v) is 3.33. The van der Waals surface area contributed by atoms with Crippen LogP contribution in [0.1, 0.15) is 52.2 Å². The van der Waals surface area contributed by atoms with Crippen molar-refractivity contribution in [1.29, 1.82) is 0 Å². The Balaban J connectivity index is 2.16. The standard InChI is InChI=1S/C22H26BClO2/c1-6-19(23-25-21(2,3)22(4,5)26-23)20(16-10-8-7-9-11-16)17-12-14-18(24)15-13-17/h7-15H,6H2,1-5H3/b20-19+. The van der Waals surface area contributed by atoms with Crippen LogP contribution in [0, 0.1) is 0 Å². The first-order chi connectivity index (χ1) is 12.2. The third-order valence-corrected chi connectivity index (χ3v) is 5.69. The molecule has 0 spiro atoms. The summed E-state index contributed by atoms with van der Waals surface area (Å²) in [5.74, 6) is 0. The van der Waals surface area contributed by atoms with Crippen LogP contribution >= 0.6 is 11.6 Å². The zero-order valence-electron chi connectivity index (χ0n) is 16.2. The van der Waals surface area contributed by atoms with Gasteiger partial charge in [-0.3, -0.25) is 0 Å². The zero-order valence-corrected chi connectivity index (χ0v) is 16.9. The molecule has 0 saturated carbocycles. The molecule has 3 rings (SSSR count). The number of allylic oxidation sites excluding steroid dienone is 1. The molecule has 4 heteroatoms. The molecule has 0 atom stereocenters. The van der Waals surface area contributed by atoms with Gasteiger partial charge in [0.1, 0.15) is 0 Å². The Morgan fingerprint density at radius 1 is 0.846 bits per heavy atom. The van der Waals surface area contributed by atoms with Crippen molar-refractivity contribution in [2.24, 2.45) is 0 Å². The van der Waals surface area contributed by atoms with Crippen molar-refractivity contribution < 1.29 is 9.31 Å². The molecule has 2 aromatic rings. The summed E-state index contributed by atoms with van der Waals surface area (Å²) in [5, 5.41) is 0.731. The highest BCUT2D eigenvalue weighted by atomic mass is 35.5. The van der Waals surface area contributed by atoms with Crippen molar-refractivity contribution in [2.45, 2.75) is 52.2 Å². The molecule has 1 saturated heterocycles. The van der Waals surface area contributed by atoms with Gasteiger partial charge in [-0.05, 0) is 68.4 Å². The largest absolute Gasteiger partial charge is 0.491 e. The van der Waals surface area contributed by atoms with Crippen LogP contribution in [-0.2, 0) is 9.31 Å². The second kappa shape index (κ2) is 7.23. The fraction of sp³-hybridized carbons (Fsp3) is 0.364. The van der Waals surface area contributed by atoms with E-state index >= 15 is 0 Å². The number of hydrogen-bond donors (Lipinski definition) is 0. The summed E-state index contributed by atoms with van der Waals surface area (Å²) in [5.41, 5.74) is 3.86.